The number of esters is 1. The van der Waals surface area contributed by atoms with Crippen LogP contribution in [0, 0.1) is 5.92 Å². The van der Waals surface area contributed by atoms with Crippen LogP contribution in [0.5, 0.6) is 5.75 Å². The highest BCUT2D eigenvalue weighted by Crippen LogP contribution is 2.11. The molecule has 0 spiro atoms. The lowest BCUT2D eigenvalue weighted by Gasteiger charge is -2.23. The van der Waals surface area contributed by atoms with Crippen molar-refractivity contribution in [3.8, 4) is 5.75 Å². The Labute approximate surface area is 150 Å². The number of rotatable bonds is 11. The molecule has 0 aliphatic heterocycles. The highest BCUT2D eigenvalue weighted by molar-refractivity contribution is 5.78. The van der Waals surface area contributed by atoms with E-state index in [1.165, 1.54) is 7.11 Å². The minimum atomic E-state index is -0.256. The number of nitrogens with zero attached hydrogens (tertiary/aromatic N) is 1. The molecule has 0 saturated heterocycles. The van der Waals surface area contributed by atoms with E-state index < -0.39 is 0 Å². The van der Waals surface area contributed by atoms with Crippen LogP contribution in [0.4, 0.5) is 0 Å². The Morgan fingerprint density at radius 3 is 2.40 bits per heavy atom. The molecule has 0 aliphatic rings. The van der Waals surface area contributed by atoms with Crippen LogP contribution in [-0.2, 0) is 20.7 Å². The summed E-state index contributed by atoms with van der Waals surface area (Å²) in [4.78, 5) is 25.4. The third-order valence-electron chi connectivity index (χ3n) is 3.75. The molecular formula is C19H30N2O4. The first kappa shape index (κ1) is 21.0. The summed E-state index contributed by atoms with van der Waals surface area (Å²) in [6, 6.07) is 7.81. The predicted octanol–water partition coefficient (Wildman–Crippen LogP) is 1.87. The number of methoxy groups -OCH3 is 2. The normalized spacial score (nSPS) is 10.8. The van der Waals surface area contributed by atoms with Gasteiger partial charge in [-0.1, -0.05) is 26.0 Å². The third-order valence-corrected chi connectivity index (χ3v) is 3.75. The van der Waals surface area contributed by atoms with Gasteiger partial charge in [-0.25, -0.2) is 0 Å². The second-order valence-corrected chi connectivity index (χ2v) is 6.40. The Balaban J connectivity index is 2.37. The smallest absolute Gasteiger partial charge is 0.306 e. The van der Waals surface area contributed by atoms with Gasteiger partial charge < -0.3 is 14.8 Å². The summed E-state index contributed by atoms with van der Waals surface area (Å²) in [6.45, 7) is 6.34. The van der Waals surface area contributed by atoms with E-state index in [-0.39, 0.29) is 18.4 Å². The molecule has 0 bridgehead atoms. The third kappa shape index (κ3) is 9.10. The highest BCUT2D eigenvalue weighted by Gasteiger charge is 2.14. The fourth-order valence-electron chi connectivity index (χ4n) is 2.50. The Morgan fingerprint density at radius 1 is 1.16 bits per heavy atom. The van der Waals surface area contributed by atoms with Crippen LogP contribution >= 0.6 is 0 Å². The average Bonchev–Trinajstić information content (AvgIpc) is 2.59. The van der Waals surface area contributed by atoms with Crippen molar-refractivity contribution >= 4 is 11.9 Å². The van der Waals surface area contributed by atoms with Gasteiger partial charge in [0.2, 0.25) is 5.91 Å². The first-order valence-corrected chi connectivity index (χ1v) is 8.63. The maximum absolute atomic E-state index is 12.2. The molecule has 1 rings (SSSR count). The number of nitrogens with one attached hydrogen (secondary N) is 1. The van der Waals surface area contributed by atoms with Gasteiger partial charge in [-0.3, -0.25) is 14.5 Å². The summed E-state index contributed by atoms with van der Waals surface area (Å²) in [5, 5.41) is 2.94. The van der Waals surface area contributed by atoms with Crippen molar-refractivity contribution in [1.82, 2.24) is 10.2 Å². The lowest BCUT2D eigenvalue weighted by molar-refractivity contribution is -0.141. The van der Waals surface area contributed by atoms with Crippen LogP contribution in [-0.4, -0.2) is 57.2 Å². The van der Waals surface area contributed by atoms with Crippen LogP contribution in [0.15, 0.2) is 24.3 Å². The maximum atomic E-state index is 12.2. The Kier molecular flexibility index (Phi) is 9.62. The summed E-state index contributed by atoms with van der Waals surface area (Å²) >= 11 is 0. The van der Waals surface area contributed by atoms with Crippen LogP contribution in [0.3, 0.4) is 0 Å². The first-order chi connectivity index (χ1) is 11.9. The minimum Gasteiger partial charge on any atom is -0.497 e. The van der Waals surface area contributed by atoms with E-state index in [0.29, 0.717) is 25.4 Å². The van der Waals surface area contributed by atoms with Crippen molar-refractivity contribution < 1.29 is 19.1 Å². The monoisotopic (exact) mass is 350 g/mol. The van der Waals surface area contributed by atoms with E-state index >= 15 is 0 Å². The van der Waals surface area contributed by atoms with Crippen molar-refractivity contribution in [3.63, 3.8) is 0 Å². The van der Waals surface area contributed by atoms with Crippen molar-refractivity contribution in [2.24, 2.45) is 5.92 Å². The molecule has 0 atom stereocenters. The summed E-state index contributed by atoms with van der Waals surface area (Å²) in [6.07, 6.45) is 1.06. The quantitative estimate of drug-likeness (QED) is 0.617. The van der Waals surface area contributed by atoms with Crippen LogP contribution < -0.4 is 10.1 Å². The molecule has 6 nitrogen and oxygen atoms in total. The lowest BCUT2D eigenvalue weighted by atomic mass is 10.1. The Hall–Kier alpha value is -2.08. The van der Waals surface area contributed by atoms with Gasteiger partial charge in [0.25, 0.3) is 0 Å². The standard InChI is InChI=1S/C19H30N2O4/c1-15(2)13-21(12-10-19(23)25-4)14-18(22)20-11-9-16-5-7-17(24-3)8-6-16/h5-8,15H,9-14H2,1-4H3,(H,20,22). The van der Waals surface area contributed by atoms with Crippen molar-refractivity contribution in [2.45, 2.75) is 26.7 Å². The molecule has 0 unspecified atom stereocenters. The van der Waals surface area contributed by atoms with E-state index in [0.717, 1.165) is 24.3 Å². The zero-order chi connectivity index (χ0) is 18.7. The molecule has 140 valence electrons. The molecule has 0 fully saturated rings. The molecule has 0 radical (unpaired) electrons. The summed E-state index contributed by atoms with van der Waals surface area (Å²) in [5.74, 6) is 0.958. The van der Waals surface area contributed by atoms with Gasteiger partial charge in [0.1, 0.15) is 5.75 Å². The molecule has 0 aliphatic carbocycles. The molecule has 25 heavy (non-hydrogen) atoms. The van der Waals surface area contributed by atoms with Crippen molar-refractivity contribution in [2.75, 3.05) is 40.4 Å². The van der Waals surface area contributed by atoms with E-state index in [2.05, 4.69) is 23.9 Å². The molecular weight excluding hydrogens is 320 g/mol. The maximum Gasteiger partial charge on any atom is 0.306 e. The van der Waals surface area contributed by atoms with E-state index in [4.69, 9.17) is 4.74 Å². The van der Waals surface area contributed by atoms with E-state index in [9.17, 15) is 9.59 Å². The summed E-state index contributed by atoms with van der Waals surface area (Å²) < 4.78 is 9.79. The molecule has 1 N–H and O–H groups in total. The number of carbonyl (C=O) groups is 2. The molecule has 6 heteroatoms. The predicted molar refractivity (Wildman–Crippen MR) is 97.6 cm³/mol. The van der Waals surface area contributed by atoms with Gasteiger partial charge in [-0.05, 0) is 30.0 Å². The highest BCUT2D eigenvalue weighted by atomic mass is 16.5. The molecule has 1 aromatic carbocycles. The summed E-state index contributed by atoms with van der Waals surface area (Å²) in [5.41, 5.74) is 1.14. The van der Waals surface area contributed by atoms with E-state index in [1.807, 2.05) is 29.2 Å². The minimum absolute atomic E-state index is 0.0287. The zero-order valence-electron chi connectivity index (χ0n) is 15.7. The van der Waals surface area contributed by atoms with E-state index in [1.54, 1.807) is 7.11 Å². The number of benzene rings is 1. The van der Waals surface area contributed by atoms with Gasteiger partial charge >= 0.3 is 5.97 Å². The van der Waals surface area contributed by atoms with Gasteiger partial charge in [0.15, 0.2) is 0 Å². The molecule has 0 aromatic heterocycles. The number of carbonyl (C=O) groups excluding carboxylic acids is 2. The van der Waals surface area contributed by atoms with Crippen LogP contribution in [0.1, 0.15) is 25.8 Å². The zero-order valence-corrected chi connectivity index (χ0v) is 15.7. The van der Waals surface area contributed by atoms with Gasteiger partial charge in [0, 0.05) is 19.6 Å². The van der Waals surface area contributed by atoms with Crippen molar-refractivity contribution in [1.29, 1.82) is 0 Å². The van der Waals surface area contributed by atoms with Crippen molar-refractivity contribution in [3.05, 3.63) is 29.8 Å². The lowest BCUT2D eigenvalue weighted by Crippen LogP contribution is -2.40. The molecule has 0 saturated carbocycles. The second kappa shape index (κ2) is 11.5. The Morgan fingerprint density at radius 2 is 1.84 bits per heavy atom. The van der Waals surface area contributed by atoms with Gasteiger partial charge in [0.05, 0.1) is 27.2 Å². The second-order valence-electron chi connectivity index (χ2n) is 6.40. The largest absolute Gasteiger partial charge is 0.497 e. The number of hydrogen-bond acceptors (Lipinski definition) is 5. The Bertz CT molecular complexity index is 529. The van der Waals surface area contributed by atoms with Crippen LogP contribution in [0.2, 0.25) is 0 Å². The summed E-state index contributed by atoms with van der Waals surface area (Å²) in [7, 11) is 3.01. The molecule has 1 aromatic rings. The van der Waals surface area contributed by atoms with Crippen LogP contribution in [0.25, 0.3) is 0 Å². The number of amides is 1. The topological polar surface area (TPSA) is 67.9 Å². The fourth-order valence-corrected chi connectivity index (χ4v) is 2.50. The molecule has 0 heterocycles. The SMILES string of the molecule is COC(=O)CCN(CC(=O)NCCc1ccc(OC)cc1)CC(C)C. The number of hydrogen-bond donors (Lipinski definition) is 1. The fraction of sp³-hybridized carbons (Fsp3) is 0.579. The van der Waals surface area contributed by atoms with Gasteiger partial charge in [-0.15, -0.1) is 0 Å². The van der Waals surface area contributed by atoms with Gasteiger partial charge in [-0.2, -0.15) is 0 Å². The first-order valence-electron chi connectivity index (χ1n) is 8.63. The number of ether oxygens (including phenoxy) is 2. The molecule has 1 amide bonds. The average molecular weight is 350 g/mol.